The Bertz CT molecular complexity index is 143. The van der Waals surface area contributed by atoms with Crippen molar-refractivity contribution in [2.24, 2.45) is 0 Å². The molecule has 2 saturated heterocycles. The van der Waals surface area contributed by atoms with Crippen molar-refractivity contribution in [3.05, 3.63) is 0 Å². The average Bonchev–Trinajstić information content (AvgIpc) is 2.28. The molecule has 11 heavy (non-hydrogen) atoms. The molecule has 2 bridgehead atoms. The van der Waals surface area contributed by atoms with Crippen molar-refractivity contribution in [2.75, 3.05) is 19.8 Å². The number of nitrogens with one attached hydrogen (secondary N) is 1. The smallest absolute Gasteiger partial charge is 0.314 e. The zero-order valence-electron chi connectivity index (χ0n) is 6.63. The first-order valence-corrected chi connectivity index (χ1v) is 4.04. The minimum Gasteiger partial charge on any atom is -0.314 e. The predicted molar refractivity (Wildman–Crippen MR) is 37.8 cm³/mol. The van der Waals surface area contributed by atoms with Gasteiger partial charge in [0.1, 0.15) is 0 Å². The largest absolute Gasteiger partial charge is 0.351 e. The zero-order valence-corrected chi connectivity index (χ0v) is 6.63. The lowest BCUT2D eigenvalue weighted by molar-refractivity contribution is -0.375. The molecule has 2 atom stereocenters. The summed E-state index contributed by atoms with van der Waals surface area (Å²) in [6, 6.07) is 0.412. The third kappa shape index (κ3) is 1.27. The molecule has 64 valence electrons. The highest BCUT2D eigenvalue weighted by molar-refractivity contribution is 4.80. The van der Waals surface area contributed by atoms with Gasteiger partial charge in [0, 0.05) is 6.04 Å². The normalized spacial score (nSPS) is 42.8. The first kappa shape index (κ1) is 7.49. The van der Waals surface area contributed by atoms with Gasteiger partial charge in [-0.1, -0.05) is 0 Å². The summed E-state index contributed by atoms with van der Waals surface area (Å²) in [5.74, 6) is 0. The first-order valence-electron chi connectivity index (χ1n) is 4.04. The fraction of sp³-hybridized carbons (Fsp3) is 1.00. The van der Waals surface area contributed by atoms with Crippen LogP contribution in [0.4, 0.5) is 0 Å². The van der Waals surface area contributed by atoms with Crippen molar-refractivity contribution in [3.63, 3.8) is 0 Å². The molecule has 0 amide bonds. The van der Waals surface area contributed by atoms with Crippen LogP contribution in [0, 0.1) is 0 Å². The molecule has 2 aliphatic heterocycles. The summed E-state index contributed by atoms with van der Waals surface area (Å²) in [4.78, 5) is 0. The molecule has 0 unspecified atom stereocenters. The van der Waals surface area contributed by atoms with Gasteiger partial charge in [0.15, 0.2) is 0 Å². The second-order valence-corrected chi connectivity index (χ2v) is 2.78. The van der Waals surface area contributed by atoms with Gasteiger partial charge in [-0.05, 0) is 13.3 Å². The van der Waals surface area contributed by atoms with Crippen molar-refractivity contribution < 1.29 is 14.2 Å². The zero-order chi connectivity index (χ0) is 7.73. The fourth-order valence-electron chi connectivity index (χ4n) is 1.43. The Balaban J connectivity index is 2.01. The highest BCUT2D eigenvalue weighted by Gasteiger charge is 2.45. The van der Waals surface area contributed by atoms with E-state index in [2.05, 4.69) is 5.32 Å². The second-order valence-electron chi connectivity index (χ2n) is 2.78. The summed E-state index contributed by atoms with van der Waals surface area (Å²) in [6.45, 7) is 3.93. The van der Waals surface area contributed by atoms with Crippen LogP contribution in [-0.4, -0.2) is 32.0 Å². The standard InChI is InChI=1S/C7H13NO3/c1-2-9-7-8-6(5-11-7)3-4-10-7/h6,8H,2-5H2,1H3/t6-,7+/m1/s1. The SMILES string of the molecule is CCO[C@@]12N[C@H](CCO1)CO2. The maximum atomic E-state index is 5.35. The molecule has 0 radical (unpaired) electrons. The molecule has 0 saturated carbocycles. The quantitative estimate of drug-likeness (QED) is 0.617. The van der Waals surface area contributed by atoms with Gasteiger partial charge in [0.2, 0.25) is 0 Å². The van der Waals surface area contributed by atoms with Gasteiger partial charge in [-0.2, -0.15) is 0 Å². The molecule has 2 fully saturated rings. The van der Waals surface area contributed by atoms with E-state index in [0.29, 0.717) is 19.3 Å². The lowest BCUT2D eigenvalue weighted by atomic mass is 10.2. The maximum absolute atomic E-state index is 5.35. The Morgan fingerprint density at radius 1 is 1.64 bits per heavy atom. The molecule has 1 N–H and O–H groups in total. The molecule has 2 heterocycles. The lowest BCUT2D eigenvalue weighted by Gasteiger charge is -2.30. The Morgan fingerprint density at radius 3 is 3.36 bits per heavy atom. The molecule has 0 aliphatic carbocycles. The molecular formula is C7H13NO3. The van der Waals surface area contributed by atoms with Crippen LogP contribution in [0.2, 0.25) is 0 Å². The van der Waals surface area contributed by atoms with Crippen molar-refractivity contribution in [1.82, 2.24) is 5.32 Å². The van der Waals surface area contributed by atoms with Crippen LogP contribution < -0.4 is 5.32 Å². The van der Waals surface area contributed by atoms with Crippen molar-refractivity contribution in [2.45, 2.75) is 25.5 Å². The molecule has 0 aromatic carbocycles. The van der Waals surface area contributed by atoms with Crippen LogP contribution in [0.25, 0.3) is 0 Å². The Labute approximate surface area is 65.8 Å². The number of hydrogen-bond donors (Lipinski definition) is 1. The van der Waals surface area contributed by atoms with E-state index in [4.69, 9.17) is 14.2 Å². The molecule has 4 heteroatoms. The van der Waals surface area contributed by atoms with Gasteiger partial charge in [-0.15, -0.1) is 0 Å². The Hall–Kier alpha value is -0.160. The van der Waals surface area contributed by atoms with Gasteiger partial charge in [-0.25, -0.2) is 5.32 Å². The van der Waals surface area contributed by atoms with E-state index in [9.17, 15) is 0 Å². The Morgan fingerprint density at radius 2 is 2.55 bits per heavy atom. The van der Waals surface area contributed by atoms with E-state index in [1.54, 1.807) is 0 Å². The second kappa shape index (κ2) is 2.71. The first-order chi connectivity index (χ1) is 5.35. The van der Waals surface area contributed by atoms with E-state index in [1.807, 2.05) is 6.92 Å². The highest BCUT2D eigenvalue weighted by Crippen LogP contribution is 2.25. The lowest BCUT2D eigenvalue weighted by Crippen LogP contribution is -2.52. The van der Waals surface area contributed by atoms with Crippen LogP contribution >= 0.6 is 0 Å². The Kier molecular flexibility index (Phi) is 1.85. The predicted octanol–water partition coefficient (Wildman–Crippen LogP) is 0.0429. The minimum atomic E-state index is -0.905. The number of hydrogen-bond acceptors (Lipinski definition) is 4. The van der Waals surface area contributed by atoms with E-state index >= 15 is 0 Å². The van der Waals surface area contributed by atoms with Gasteiger partial charge >= 0.3 is 6.10 Å². The summed E-state index contributed by atoms with van der Waals surface area (Å²) in [6.07, 6.45) is 0.104. The van der Waals surface area contributed by atoms with E-state index in [1.165, 1.54) is 0 Å². The molecule has 2 aliphatic rings. The summed E-state index contributed by atoms with van der Waals surface area (Å²) >= 11 is 0. The van der Waals surface area contributed by atoms with Crippen molar-refractivity contribution >= 4 is 0 Å². The van der Waals surface area contributed by atoms with Crippen molar-refractivity contribution in [3.8, 4) is 0 Å². The number of rotatable bonds is 2. The van der Waals surface area contributed by atoms with Crippen LogP contribution in [0.3, 0.4) is 0 Å². The van der Waals surface area contributed by atoms with E-state index in [-0.39, 0.29) is 0 Å². The average molecular weight is 159 g/mol. The third-order valence-corrected chi connectivity index (χ3v) is 1.95. The summed E-state index contributed by atoms with van der Waals surface area (Å²) in [7, 11) is 0. The summed E-state index contributed by atoms with van der Waals surface area (Å²) < 4.78 is 16.0. The number of ether oxygens (including phenoxy) is 3. The van der Waals surface area contributed by atoms with Crippen LogP contribution in [-0.2, 0) is 14.2 Å². The van der Waals surface area contributed by atoms with Gasteiger partial charge in [0.25, 0.3) is 0 Å². The minimum absolute atomic E-state index is 0.412. The topological polar surface area (TPSA) is 39.7 Å². The monoisotopic (exact) mass is 159 g/mol. The summed E-state index contributed by atoms with van der Waals surface area (Å²) in [5.41, 5.74) is 0. The van der Waals surface area contributed by atoms with Crippen LogP contribution in [0.1, 0.15) is 13.3 Å². The molecule has 4 nitrogen and oxygen atoms in total. The maximum Gasteiger partial charge on any atom is 0.351 e. The fourth-order valence-corrected chi connectivity index (χ4v) is 1.43. The summed E-state index contributed by atoms with van der Waals surface area (Å²) in [5, 5.41) is 3.14. The number of fused-ring (bicyclic) bond motifs is 2. The third-order valence-electron chi connectivity index (χ3n) is 1.95. The van der Waals surface area contributed by atoms with Gasteiger partial charge < -0.3 is 14.2 Å². The van der Waals surface area contributed by atoms with Crippen LogP contribution in [0.15, 0.2) is 0 Å². The highest BCUT2D eigenvalue weighted by atomic mass is 16.9. The van der Waals surface area contributed by atoms with Gasteiger partial charge in [-0.3, -0.25) is 0 Å². The molecule has 0 aromatic rings. The molecular weight excluding hydrogens is 146 g/mol. The van der Waals surface area contributed by atoms with E-state index in [0.717, 1.165) is 13.0 Å². The van der Waals surface area contributed by atoms with Gasteiger partial charge in [0.05, 0.1) is 19.8 Å². The van der Waals surface area contributed by atoms with Crippen LogP contribution in [0.5, 0.6) is 0 Å². The molecule has 2 rings (SSSR count). The molecule has 0 aromatic heterocycles. The van der Waals surface area contributed by atoms with E-state index < -0.39 is 6.10 Å². The molecule has 0 spiro atoms. The van der Waals surface area contributed by atoms with Crippen molar-refractivity contribution in [1.29, 1.82) is 0 Å².